The first kappa shape index (κ1) is 16.0. The van der Waals surface area contributed by atoms with Gasteiger partial charge in [-0.15, -0.1) is 0 Å². The minimum Gasteiger partial charge on any atom is -0.472 e. The van der Waals surface area contributed by atoms with Crippen LogP contribution in [0, 0.1) is 6.92 Å². The van der Waals surface area contributed by atoms with Crippen LogP contribution in [0.25, 0.3) is 0 Å². The van der Waals surface area contributed by atoms with Crippen molar-refractivity contribution in [3.05, 3.63) is 59.5 Å². The number of aryl methyl sites for hydroxylation is 1. The van der Waals surface area contributed by atoms with Crippen molar-refractivity contribution in [2.75, 3.05) is 26.2 Å². The second-order valence-electron chi connectivity index (χ2n) is 5.79. The van der Waals surface area contributed by atoms with Crippen LogP contribution in [0.1, 0.15) is 26.3 Å². The topological polar surface area (TPSA) is 70.8 Å². The molecular weight excluding hydrogens is 308 g/mol. The van der Waals surface area contributed by atoms with E-state index in [1.807, 2.05) is 19.1 Å². The zero-order valence-electron chi connectivity index (χ0n) is 13.4. The number of Topliss-reactive ketones (excluding diaryl/α,β-unsaturated/α-hetero) is 1. The maximum Gasteiger partial charge on any atom is 0.295 e. The minimum absolute atomic E-state index is 0.124. The summed E-state index contributed by atoms with van der Waals surface area (Å²) in [6, 6.07) is 8.55. The van der Waals surface area contributed by atoms with Gasteiger partial charge in [0, 0.05) is 31.7 Å². The number of hydrogen-bond donors (Lipinski definition) is 0. The van der Waals surface area contributed by atoms with E-state index in [4.69, 9.17) is 4.42 Å². The van der Waals surface area contributed by atoms with Crippen molar-refractivity contribution in [1.82, 2.24) is 9.80 Å². The minimum atomic E-state index is -0.519. The quantitative estimate of drug-likeness (QED) is 0.636. The van der Waals surface area contributed by atoms with Crippen LogP contribution in [0.2, 0.25) is 0 Å². The molecule has 24 heavy (non-hydrogen) atoms. The summed E-state index contributed by atoms with van der Waals surface area (Å²) in [6.07, 6.45) is 2.86. The number of benzene rings is 1. The molecular formula is C18H18N2O4. The van der Waals surface area contributed by atoms with E-state index in [0.717, 1.165) is 5.56 Å². The van der Waals surface area contributed by atoms with Gasteiger partial charge in [-0.25, -0.2) is 0 Å². The van der Waals surface area contributed by atoms with Gasteiger partial charge in [0.15, 0.2) is 0 Å². The molecule has 0 aliphatic carbocycles. The molecule has 1 aromatic carbocycles. The summed E-state index contributed by atoms with van der Waals surface area (Å²) in [4.78, 5) is 40.0. The maximum atomic E-state index is 12.3. The Morgan fingerprint density at radius 2 is 1.50 bits per heavy atom. The molecule has 0 unspecified atom stereocenters. The first-order valence-electron chi connectivity index (χ1n) is 7.78. The Kier molecular flexibility index (Phi) is 4.46. The van der Waals surface area contributed by atoms with Crippen LogP contribution < -0.4 is 0 Å². The molecule has 0 spiro atoms. The molecule has 6 heteroatoms. The number of hydrogen-bond acceptors (Lipinski definition) is 4. The van der Waals surface area contributed by atoms with Crippen LogP contribution in [0.5, 0.6) is 0 Å². The number of carbonyl (C=O) groups is 3. The highest BCUT2D eigenvalue weighted by Gasteiger charge is 2.29. The summed E-state index contributed by atoms with van der Waals surface area (Å²) in [6.45, 7) is 3.42. The summed E-state index contributed by atoms with van der Waals surface area (Å²) in [5.41, 5.74) is 1.92. The third-order valence-corrected chi connectivity index (χ3v) is 4.13. The summed E-state index contributed by atoms with van der Waals surface area (Å²) in [7, 11) is 0. The smallest absolute Gasteiger partial charge is 0.295 e. The molecule has 2 heterocycles. The van der Waals surface area contributed by atoms with E-state index in [0.29, 0.717) is 37.3 Å². The second kappa shape index (κ2) is 6.70. The van der Waals surface area contributed by atoms with Crippen LogP contribution in [0.4, 0.5) is 0 Å². The van der Waals surface area contributed by atoms with Crippen molar-refractivity contribution >= 4 is 17.6 Å². The average Bonchev–Trinajstić information content (AvgIpc) is 3.15. The first-order chi connectivity index (χ1) is 11.6. The molecule has 2 amide bonds. The summed E-state index contributed by atoms with van der Waals surface area (Å²) >= 11 is 0. The van der Waals surface area contributed by atoms with Gasteiger partial charge in [-0.2, -0.15) is 0 Å². The molecule has 1 aliphatic rings. The van der Waals surface area contributed by atoms with Crippen LogP contribution in [0.15, 0.2) is 47.3 Å². The highest BCUT2D eigenvalue weighted by atomic mass is 16.3. The molecule has 1 saturated heterocycles. The standard InChI is InChI=1S/C18H18N2O4/c1-13-2-4-14(5-3-13)16(21)18(23)20-9-7-19(8-10-20)17(22)15-6-11-24-12-15/h2-6,11-12H,7-10H2,1H3. The largest absolute Gasteiger partial charge is 0.472 e. The van der Waals surface area contributed by atoms with Gasteiger partial charge in [0.1, 0.15) is 6.26 Å². The van der Waals surface area contributed by atoms with Crippen molar-refractivity contribution in [2.45, 2.75) is 6.92 Å². The second-order valence-corrected chi connectivity index (χ2v) is 5.79. The third-order valence-electron chi connectivity index (χ3n) is 4.13. The zero-order chi connectivity index (χ0) is 17.1. The molecule has 0 atom stereocenters. The van der Waals surface area contributed by atoms with Crippen molar-refractivity contribution in [3.8, 4) is 0 Å². The van der Waals surface area contributed by atoms with Gasteiger partial charge in [0.2, 0.25) is 5.78 Å². The lowest BCUT2D eigenvalue weighted by atomic mass is 10.1. The van der Waals surface area contributed by atoms with Gasteiger partial charge in [-0.05, 0) is 13.0 Å². The predicted molar refractivity (Wildman–Crippen MR) is 86.7 cm³/mol. The van der Waals surface area contributed by atoms with Crippen LogP contribution in [0.3, 0.4) is 0 Å². The Balaban J connectivity index is 1.60. The van der Waals surface area contributed by atoms with Crippen molar-refractivity contribution in [2.24, 2.45) is 0 Å². The fourth-order valence-corrected chi connectivity index (χ4v) is 2.65. The SMILES string of the molecule is Cc1ccc(C(=O)C(=O)N2CCN(C(=O)c3ccoc3)CC2)cc1. The number of piperazine rings is 1. The third kappa shape index (κ3) is 3.22. The Bertz CT molecular complexity index is 742. The molecule has 1 aromatic heterocycles. The number of nitrogens with zero attached hydrogens (tertiary/aromatic N) is 2. The number of furan rings is 1. The average molecular weight is 326 g/mol. The fraction of sp³-hybridized carbons (Fsp3) is 0.278. The van der Waals surface area contributed by atoms with Crippen molar-refractivity contribution < 1.29 is 18.8 Å². The van der Waals surface area contributed by atoms with Crippen molar-refractivity contribution in [1.29, 1.82) is 0 Å². The normalized spacial score (nSPS) is 14.5. The molecule has 3 rings (SSSR count). The summed E-state index contributed by atoms with van der Waals surface area (Å²) < 4.78 is 4.92. The molecule has 124 valence electrons. The van der Waals surface area contributed by atoms with Crippen LogP contribution >= 0.6 is 0 Å². The summed E-state index contributed by atoms with van der Waals surface area (Å²) in [5.74, 6) is -1.15. The molecule has 0 bridgehead atoms. The monoisotopic (exact) mass is 326 g/mol. The lowest BCUT2D eigenvalue weighted by molar-refractivity contribution is -0.127. The molecule has 1 fully saturated rings. The van der Waals surface area contributed by atoms with E-state index in [1.54, 1.807) is 23.1 Å². The Morgan fingerprint density at radius 1 is 0.875 bits per heavy atom. The Labute approximate surface area is 139 Å². The molecule has 0 N–H and O–H groups in total. The number of rotatable bonds is 3. The van der Waals surface area contributed by atoms with Gasteiger partial charge in [0.25, 0.3) is 11.8 Å². The van der Waals surface area contributed by atoms with Crippen molar-refractivity contribution in [3.63, 3.8) is 0 Å². The molecule has 0 radical (unpaired) electrons. The zero-order valence-corrected chi connectivity index (χ0v) is 13.4. The first-order valence-corrected chi connectivity index (χ1v) is 7.78. The molecule has 0 saturated carbocycles. The van der Waals surface area contributed by atoms with E-state index < -0.39 is 11.7 Å². The Hall–Kier alpha value is -2.89. The van der Waals surface area contributed by atoms with E-state index in [9.17, 15) is 14.4 Å². The van der Waals surface area contributed by atoms with Gasteiger partial charge in [-0.3, -0.25) is 14.4 Å². The van der Waals surface area contributed by atoms with Crippen LogP contribution in [-0.2, 0) is 4.79 Å². The summed E-state index contributed by atoms with van der Waals surface area (Å²) in [5, 5.41) is 0. The van der Waals surface area contributed by atoms with E-state index >= 15 is 0 Å². The van der Waals surface area contributed by atoms with E-state index in [-0.39, 0.29) is 5.91 Å². The highest BCUT2D eigenvalue weighted by Crippen LogP contribution is 2.11. The lowest BCUT2D eigenvalue weighted by Crippen LogP contribution is -2.52. The number of amides is 2. The van der Waals surface area contributed by atoms with E-state index in [1.165, 1.54) is 17.4 Å². The van der Waals surface area contributed by atoms with Gasteiger partial charge in [0.05, 0.1) is 11.8 Å². The van der Waals surface area contributed by atoms with Gasteiger partial charge >= 0.3 is 0 Å². The number of ketones is 1. The van der Waals surface area contributed by atoms with Gasteiger partial charge < -0.3 is 14.2 Å². The lowest BCUT2D eigenvalue weighted by Gasteiger charge is -2.34. The van der Waals surface area contributed by atoms with Crippen LogP contribution in [-0.4, -0.2) is 53.6 Å². The van der Waals surface area contributed by atoms with Gasteiger partial charge in [-0.1, -0.05) is 29.8 Å². The molecule has 1 aliphatic heterocycles. The predicted octanol–water partition coefficient (Wildman–Crippen LogP) is 1.76. The Morgan fingerprint density at radius 3 is 2.08 bits per heavy atom. The fourth-order valence-electron chi connectivity index (χ4n) is 2.65. The molecule has 6 nitrogen and oxygen atoms in total. The molecule has 2 aromatic rings. The highest BCUT2D eigenvalue weighted by molar-refractivity contribution is 6.42. The number of carbonyl (C=O) groups excluding carboxylic acids is 3. The maximum absolute atomic E-state index is 12.3. The van der Waals surface area contributed by atoms with E-state index in [2.05, 4.69) is 0 Å².